The van der Waals surface area contributed by atoms with Gasteiger partial charge in [-0.25, -0.2) is 9.78 Å². The molecule has 0 heterocycles. The normalized spacial score (nSPS) is 13.2. The maximum Gasteiger partial charge on any atom is 0.115 e. The molecule has 1 aromatic carbocycles. The van der Waals surface area contributed by atoms with Crippen molar-refractivity contribution in [2.24, 2.45) is 0 Å². The first-order chi connectivity index (χ1) is 6.20. The number of rotatable bonds is 4. The van der Waals surface area contributed by atoms with Crippen LogP contribution in [-0.2, 0) is 9.78 Å². The molecule has 0 saturated carbocycles. The maximum absolute atomic E-state index is 5.19. The van der Waals surface area contributed by atoms with Crippen molar-refractivity contribution in [2.45, 2.75) is 33.0 Å². The fourth-order valence-electron chi connectivity index (χ4n) is 0.974. The van der Waals surface area contributed by atoms with Crippen molar-refractivity contribution in [2.75, 3.05) is 0 Å². The van der Waals surface area contributed by atoms with Crippen LogP contribution in [-0.4, -0.2) is 6.10 Å². The molecule has 0 aromatic heterocycles. The molecule has 2 nitrogen and oxygen atoms in total. The molecule has 1 atom stereocenters. The Morgan fingerprint density at radius 3 is 2.08 bits per heavy atom. The zero-order valence-corrected chi connectivity index (χ0v) is 8.36. The van der Waals surface area contributed by atoms with E-state index in [0.717, 1.165) is 5.56 Å². The van der Waals surface area contributed by atoms with Gasteiger partial charge in [-0.3, -0.25) is 0 Å². The lowest BCUT2D eigenvalue weighted by Crippen LogP contribution is -2.07. The first kappa shape index (κ1) is 10.2. The SMILES string of the molecule is CC(C)OOC(C)c1ccccc1. The lowest BCUT2D eigenvalue weighted by atomic mass is 10.1. The fourth-order valence-corrected chi connectivity index (χ4v) is 0.974. The van der Waals surface area contributed by atoms with E-state index in [2.05, 4.69) is 0 Å². The molecule has 72 valence electrons. The van der Waals surface area contributed by atoms with Gasteiger partial charge in [-0.05, 0) is 26.3 Å². The van der Waals surface area contributed by atoms with E-state index in [-0.39, 0.29) is 12.2 Å². The van der Waals surface area contributed by atoms with E-state index in [0.29, 0.717) is 0 Å². The summed E-state index contributed by atoms with van der Waals surface area (Å²) in [5.41, 5.74) is 1.13. The summed E-state index contributed by atoms with van der Waals surface area (Å²) < 4.78 is 0. The molecule has 13 heavy (non-hydrogen) atoms. The summed E-state index contributed by atoms with van der Waals surface area (Å²) in [7, 11) is 0. The zero-order chi connectivity index (χ0) is 9.68. The second-order valence-electron chi connectivity index (χ2n) is 3.29. The van der Waals surface area contributed by atoms with Crippen LogP contribution in [0.4, 0.5) is 0 Å². The van der Waals surface area contributed by atoms with Crippen LogP contribution in [0, 0.1) is 0 Å². The van der Waals surface area contributed by atoms with Crippen LogP contribution in [0.25, 0.3) is 0 Å². The molecular weight excluding hydrogens is 164 g/mol. The Labute approximate surface area is 79.4 Å². The molecule has 0 saturated heterocycles. The van der Waals surface area contributed by atoms with E-state index < -0.39 is 0 Å². The van der Waals surface area contributed by atoms with Crippen LogP contribution >= 0.6 is 0 Å². The van der Waals surface area contributed by atoms with Crippen LogP contribution in [0.1, 0.15) is 32.4 Å². The summed E-state index contributed by atoms with van der Waals surface area (Å²) >= 11 is 0. The van der Waals surface area contributed by atoms with Gasteiger partial charge in [-0.15, -0.1) is 0 Å². The highest BCUT2D eigenvalue weighted by atomic mass is 17.2. The monoisotopic (exact) mass is 180 g/mol. The lowest BCUT2D eigenvalue weighted by Gasteiger charge is -2.13. The van der Waals surface area contributed by atoms with E-state index in [9.17, 15) is 0 Å². The first-order valence-corrected chi connectivity index (χ1v) is 4.57. The molecule has 0 radical (unpaired) electrons. The van der Waals surface area contributed by atoms with Crippen molar-refractivity contribution in [3.63, 3.8) is 0 Å². The molecule has 1 aromatic rings. The Hall–Kier alpha value is -0.860. The molecule has 2 heteroatoms. The van der Waals surface area contributed by atoms with Crippen LogP contribution < -0.4 is 0 Å². The third kappa shape index (κ3) is 3.57. The molecule has 0 aliphatic rings. The number of benzene rings is 1. The second-order valence-corrected chi connectivity index (χ2v) is 3.29. The predicted molar refractivity (Wildman–Crippen MR) is 52.2 cm³/mol. The van der Waals surface area contributed by atoms with Gasteiger partial charge in [-0.1, -0.05) is 30.3 Å². The van der Waals surface area contributed by atoms with E-state index in [1.807, 2.05) is 51.1 Å². The molecular formula is C11H16O2. The molecule has 1 unspecified atom stereocenters. The van der Waals surface area contributed by atoms with Gasteiger partial charge in [0, 0.05) is 0 Å². The molecule has 1 rings (SSSR count). The largest absolute Gasteiger partial charge is 0.233 e. The highest BCUT2D eigenvalue weighted by Gasteiger charge is 2.06. The second kappa shape index (κ2) is 5.00. The minimum Gasteiger partial charge on any atom is -0.233 e. The van der Waals surface area contributed by atoms with Crippen LogP contribution in [0.2, 0.25) is 0 Å². The molecule has 0 fully saturated rings. The van der Waals surface area contributed by atoms with Crippen LogP contribution in [0.15, 0.2) is 30.3 Å². The molecule has 0 N–H and O–H groups in total. The highest BCUT2D eigenvalue weighted by molar-refractivity contribution is 5.16. The number of hydrogen-bond donors (Lipinski definition) is 0. The van der Waals surface area contributed by atoms with Crippen LogP contribution in [0.3, 0.4) is 0 Å². The van der Waals surface area contributed by atoms with E-state index in [1.165, 1.54) is 0 Å². The maximum atomic E-state index is 5.19. The average Bonchev–Trinajstić information content (AvgIpc) is 2.15. The minimum absolute atomic E-state index is 0.0106. The molecule has 0 aliphatic carbocycles. The number of hydrogen-bond acceptors (Lipinski definition) is 2. The summed E-state index contributed by atoms with van der Waals surface area (Å²) in [5, 5.41) is 0. The lowest BCUT2D eigenvalue weighted by molar-refractivity contribution is -0.344. The van der Waals surface area contributed by atoms with Gasteiger partial charge >= 0.3 is 0 Å². The Kier molecular flexibility index (Phi) is 3.93. The van der Waals surface area contributed by atoms with Crippen molar-refractivity contribution in [1.29, 1.82) is 0 Å². The summed E-state index contributed by atoms with van der Waals surface area (Å²) in [6.07, 6.45) is 0.0924. The van der Waals surface area contributed by atoms with Gasteiger partial charge < -0.3 is 0 Å². The third-order valence-electron chi connectivity index (χ3n) is 1.66. The third-order valence-corrected chi connectivity index (χ3v) is 1.66. The van der Waals surface area contributed by atoms with Crippen molar-refractivity contribution >= 4 is 0 Å². The standard InChI is InChI=1S/C11H16O2/c1-9(2)12-13-10(3)11-7-5-4-6-8-11/h4-10H,1-3H3. The van der Waals surface area contributed by atoms with Crippen molar-refractivity contribution in [3.8, 4) is 0 Å². The molecule has 0 bridgehead atoms. The van der Waals surface area contributed by atoms with Crippen LogP contribution in [0.5, 0.6) is 0 Å². The van der Waals surface area contributed by atoms with Crippen molar-refractivity contribution < 1.29 is 9.78 Å². The summed E-state index contributed by atoms with van der Waals surface area (Å²) in [6.45, 7) is 5.85. The Morgan fingerprint density at radius 2 is 1.54 bits per heavy atom. The Balaban J connectivity index is 2.44. The van der Waals surface area contributed by atoms with Gasteiger partial charge in [0.15, 0.2) is 0 Å². The fraction of sp³-hybridized carbons (Fsp3) is 0.455. The zero-order valence-electron chi connectivity index (χ0n) is 8.36. The van der Waals surface area contributed by atoms with Gasteiger partial charge in [0.25, 0.3) is 0 Å². The Bertz CT molecular complexity index is 231. The first-order valence-electron chi connectivity index (χ1n) is 4.57. The van der Waals surface area contributed by atoms with E-state index in [4.69, 9.17) is 9.78 Å². The smallest absolute Gasteiger partial charge is 0.115 e. The quantitative estimate of drug-likeness (QED) is 0.523. The summed E-state index contributed by atoms with van der Waals surface area (Å²) in [5.74, 6) is 0. The van der Waals surface area contributed by atoms with Crippen molar-refractivity contribution in [3.05, 3.63) is 35.9 Å². The van der Waals surface area contributed by atoms with E-state index in [1.54, 1.807) is 0 Å². The molecule has 0 amide bonds. The summed E-state index contributed by atoms with van der Waals surface area (Å²) in [6, 6.07) is 10.0. The minimum atomic E-state index is -0.0106. The predicted octanol–water partition coefficient (Wildman–Crippen LogP) is 3.10. The average molecular weight is 180 g/mol. The summed E-state index contributed by atoms with van der Waals surface area (Å²) in [4.78, 5) is 10.2. The topological polar surface area (TPSA) is 18.5 Å². The highest BCUT2D eigenvalue weighted by Crippen LogP contribution is 2.16. The van der Waals surface area contributed by atoms with Gasteiger partial charge in [0.05, 0.1) is 6.10 Å². The van der Waals surface area contributed by atoms with Crippen molar-refractivity contribution in [1.82, 2.24) is 0 Å². The van der Waals surface area contributed by atoms with Gasteiger partial charge in [-0.2, -0.15) is 0 Å². The molecule has 0 aliphatic heterocycles. The van der Waals surface area contributed by atoms with E-state index >= 15 is 0 Å². The Morgan fingerprint density at radius 1 is 0.923 bits per heavy atom. The van der Waals surface area contributed by atoms with Gasteiger partial charge in [0.1, 0.15) is 6.10 Å². The van der Waals surface area contributed by atoms with Gasteiger partial charge in [0.2, 0.25) is 0 Å². The molecule has 0 spiro atoms.